The highest BCUT2D eigenvalue weighted by atomic mass is 16.2. The summed E-state index contributed by atoms with van der Waals surface area (Å²) >= 11 is 0. The molecule has 3 heterocycles. The smallest absolute Gasteiger partial charge is 0.345 e. The van der Waals surface area contributed by atoms with Gasteiger partial charge in [-0.15, -0.1) is 0 Å². The van der Waals surface area contributed by atoms with Gasteiger partial charge in [-0.2, -0.15) is 5.10 Å². The molecule has 1 amide bonds. The lowest BCUT2D eigenvalue weighted by Crippen LogP contribution is -2.38. The largest absolute Gasteiger partial charge is 0.356 e. The molecule has 166 valence electrons. The molecule has 2 N–H and O–H groups in total. The lowest BCUT2D eigenvalue weighted by molar-refractivity contribution is -0.117. The first kappa shape index (κ1) is 21.1. The Morgan fingerprint density at radius 1 is 1.06 bits per heavy atom. The first-order chi connectivity index (χ1) is 15.2. The summed E-state index contributed by atoms with van der Waals surface area (Å²) in [6, 6.07) is 8.07. The van der Waals surface area contributed by atoms with Crippen LogP contribution in [0.2, 0.25) is 0 Å². The van der Waals surface area contributed by atoms with Gasteiger partial charge in [0.25, 0.3) is 0 Å². The lowest BCUT2D eigenvalue weighted by Gasteiger charge is -2.16. The first-order valence-corrected chi connectivity index (χ1v) is 11.2. The van der Waals surface area contributed by atoms with Crippen LogP contribution in [0.4, 0.5) is 5.69 Å². The summed E-state index contributed by atoms with van der Waals surface area (Å²) in [6.45, 7) is 3.53. The van der Waals surface area contributed by atoms with E-state index < -0.39 is 0 Å². The normalized spacial score (nSPS) is 16.5. The molecule has 1 aromatic heterocycles. The third kappa shape index (κ3) is 4.98. The Kier molecular flexibility index (Phi) is 6.69. The van der Waals surface area contributed by atoms with Crippen LogP contribution in [0.25, 0.3) is 0 Å². The molecule has 0 aliphatic carbocycles. The Bertz CT molecular complexity index is 990. The number of aliphatic imine (C=N–C) groups is 1. The number of amides is 1. The number of hydrogen-bond donors (Lipinski definition) is 2. The number of aryl methyl sites for hydroxylation is 2. The highest BCUT2D eigenvalue weighted by molar-refractivity contribution is 5.95. The van der Waals surface area contributed by atoms with Gasteiger partial charge in [0.15, 0.2) is 5.96 Å². The molecule has 2 aliphatic heterocycles. The Morgan fingerprint density at radius 3 is 2.61 bits per heavy atom. The molecule has 1 aromatic carbocycles. The van der Waals surface area contributed by atoms with Gasteiger partial charge < -0.3 is 15.5 Å². The molecule has 31 heavy (non-hydrogen) atoms. The molecule has 0 saturated carbocycles. The quantitative estimate of drug-likeness (QED) is 0.396. The van der Waals surface area contributed by atoms with Crippen molar-refractivity contribution in [3.8, 4) is 0 Å². The summed E-state index contributed by atoms with van der Waals surface area (Å²) in [5.41, 5.74) is 2.09. The van der Waals surface area contributed by atoms with Crippen LogP contribution >= 0.6 is 0 Å². The van der Waals surface area contributed by atoms with E-state index in [-0.39, 0.29) is 11.6 Å². The third-order valence-electron chi connectivity index (χ3n) is 5.88. The highest BCUT2D eigenvalue weighted by Gasteiger charge is 2.21. The summed E-state index contributed by atoms with van der Waals surface area (Å²) in [6.07, 6.45) is 5.42. The van der Waals surface area contributed by atoms with E-state index >= 15 is 0 Å². The monoisotopic (exact) mass is 425 g/mol. The van der Waals surface area contributed by atoms with E-state index in [1.807, 2.05) is 33.7 Å². The Labute approximate surface area is 182 Å². The van der Waals surface area contributed by atoms with Gasteiger partial charge in [0.05, 0.1) is 0 Å². The van der Waals surface area contributed by atoms with Crippen molar-refractivity contribution in [1.82, 2.24) is 25.0 Å². The van der Waals surface area contributed by atoms with Crippen molar-refractivity contribution in [3.05, 3.63) is 46.1 Å². The van der Waals surface area contributed by atoms with Crippen molar-refractivity contribution < 1.29 is 4.79 Å². The molecule has 1 saturated heterocycles. The van der Waals surface area contributed by atoms with Crippen LogP contribution in [0.5, 0.6) is 0 Å². The molecule has 9 nitrogen and oxygen atoms in total. The fraction of sp³-hybridized carbons (Fsp3) is 0.545. The van der Waals surface area contributed by atoms with Crippen LogP contribution in [0.3, 0.4) is 0 Å². The average molecular weight is 426 g/mol. The van der Waals surface area contributed by atoms with E-state index in [2.05, 4.69) is 20.7 Å². The second kappa shape index (κ2) is 9.80. The van der Waals surface area contributed by atoms with E-state index in [0.29, 0.717) is 26.1 Å². The minimum absolute atomic E-state index is 0.0104. The van der Waals surface area contributed by atoms with Crippen molar-refractivity contribution >= 4 is 17.6 Å². The second-order valence-electron chi connectivity index (χ2n) is 8.05. The number of carbonyl (C=O) groups is 1. The molecular formula is C22H31N7O2. The zero-order chi connectivity index (χ0) is 21.6. The minimum Gasteiger partial charge on any atom is -0.356 e. The van der Waals surface area contributed by atoms with Gasteiger partial charge >= 0.3 is 5.69 Å². The minimum atomic E-state index is 0.0104. The Hall–Kier alpha value is -3.10. The number of fused-ring (bicyclic) bond motifs is 1. The Balaban J connectivity index is 1.21. The molecule has 1 fully saturated rings. The van der Waals surface area contributed by atoms with Gasteiger partial charge in [0, 0.05) is 58.3 Å². The number of nitrogens with zero attached hydrogens (tertiary/aromatic N) is 5. The molecular weight excluding hydrogens is 394 g/mol. The predicted octanol–water partition coefficient (Wildman–Crippen LogP) is 1.26. The number of guanidine groups is 1. The van der Waals surface area contributed by atoms with Crippen molar-refractivity contribution in [2.24, 2.45) is 4.99 Å². The predicted molar refractivity (Wildman–Crippen MR) is 120 cm³/mol. The fourth-order valence-corrected chi connectivity index (χ4v) is 4.15. The second-order valence-corrected chi connectivity index (χ2v) is 8.05. The molecule has 0 spiro atoms. The number of benzene rings is 1. The van der Waals surface area contributed by atoms with E-state index in [9.17, 15) is 9.59 Å². The van der Waals surface area contributed by atoms with Gasteiger partial charge in [-0.1, -0.05) is 12.1 Å². The van der Waals surface area contributed by atoms with E-state index in [4.69, 9.17) is 0 Å². The zero-order valence-electron chi connectivity index (χ0n) is 18.1. The number of anilines is 1. The number of aromatic nitrogens is 3. The van der Waals surface area contributed by atoms with Gasteiger partial charge in [-0.3, -0.25) is 14.4 Å². The van der Waals surface area contributed by atoms with E-state index in [1.54, 1.807) is 11.7 Å². The molecule has 0 bridgehead atoms. The van der Waals surface area contributed by atoms with Crippen molar-refractivity contribution in [2.45, 2.75) is 58.2 Å². The Morgan fingerprint density at radius 2 is 1.90 bits per heavy atom. The first-order valence-electron chi connectivity index (χ1n) is 11.2. The van der Waals surface area contributed by atoms with Gasteiger partial charge in [-0.25, -0.2) is 9.48 Å². The van der Waals surface area contributed by atoms with Crippen LogP contribution < -0.4 is 21.2 Å². The van der Waals surface area contributed by atoms with Gasteiger partial charge in [0.1, 0.15) is 5.82 Å². The van der Waals surface area contributed by atoms with Crippen LogP contribution in [0, 0.1) is 0 Å². The van der Waals surface area contributed by atoms with Gasteiger partial charge in [-0.05, 0) is 43.4 Å². The number of rotatable bonds is 7. The molecule has 4 rings (SSSR count). The molecule has 2 aromatic rings. The standard InChI is InChI=1S/C22H31N7O2/c1-23-21(24-12-5-15-29-22(31)28-13-3-2-6-19(28)26-29)25-16-17-8-10-18(11-9-17)27-14-4-7-20(27)30/h8-11H,2-7,12-16H2,1H3,(H2,23,24,25). The topological polar surface area (TPSA) is 96.6 Å². The van der Waals surface area contributed by atoms with Crippen molar-refractivity contribution in [3.63, 3.8) is 0 Å². The van der Waals surface area contributed by atoms with Crippen LogP contribution in [0.1, 0.15) is 43.5 Å². The average Bonchev–Trinajstić information content (AvgIpc) is 3.37. The molecule has 0 radical (unpaired) electrons. The third-order valence-corrected chi connectivity index (χ3v) is 5.88. The van der Waals surface area contributed by atoms with Gasteiger partial charge in [0.2, 0.25) is 5.91 Å². The zero-order valence-corrected chi connectivity index (χ0v) is 18.1. The lowest BCUT2D eigenvalue weighted by atomic mass is 10.2. The maximum Gasteiger partial charge on any atom is 0.345 e. The summed E-state index contributed by atoms with van der Waals surface area (Å²) in [5, 5.41) is 11.1. The fourth-order valence-electron chi connectivity index (χ4n) is 4.15. The van der Waals surface area contributed by atoms with Crippen molar-refractivity contribution in [1.29, 1.82) is 0 Å². The molecule has 0 unspecified atom stereocenters. The molecule has 9 heteroatoms. The van der Waals surface area contributed by atoms with E-state index in [1.165, 1.54) is 0 Å². The SMILES string of the molecule is CN=C(NCCCn1nc2n(c1=O)CCCC2)NCc1ccc(N2CCCC2=O)cc1. The number of hydrogen-bond acceptors (Lipinski definition) is 4. The van der Waals surface area contributed by atoms with Crippen LogP contribution in [-0.2, 0) is 30.8 Å². The summed E-state index contributed by atoms with van der Waals surface area (Å²) in [4.78, 5) is 30.3. The number of nitrogens with one attached hydrogen (secondary N) is 2. The summed E-state index contributed by atoms with van der Waals surface area (Å²) in [7, 11) is 1.74. The summed E-state index contributed by atoms with van der Waals surface area (Å²) < 4.78 is 3.40. The van der Waals surface area contributed by atoms with Crippen LogP contribution in [0.15, 0.2) is 34.1 Å². The highest BCUT2D eigenvalue weighted by Crippen LogP contribution is 2.21. The maximum atomic E-state index is 12.4. The van der Waals surface area contributed by atoms with Crippen LogP contribution in [-0.4, -0.2) is 46.4 Å². The summed E-state index contributed by atoms with van der Waals surface area (Å²) in [5.74, 6) is 1.84. The maximum absolute atomic E-state index is 12.4. The molecule has 0 atom stereocenters. The van der Waals surface area contributed by atoms with E-state index in [0.717, 1.165) is 68.2 Å². The molecule has 2 aliphatic rings. The van der Waals surface area contributed by atoms with Crippen molar-refractivity contribution in [2.75, 3.05) is 25.0 Å². The number of carbonyl (C=O) groups excluding carboxylic acids is 1.